The number of halogens is 3. The fourth-order valence-electron chi connectivity index (χ4n) is 2.02. The molecule has 0 bridgehead atoms. The minimum atomic E-state index is -0.280. The van der Waals surface area contributed by atoms with Crippen LogP contribution >= 0.6 is 38.9 Å². The molecule has 0 aliphatic rings. The lowest BCUT2D eigenvalue weighted by atomic mass is 10.3. The summed E-state index contributed by atoms with van der Waals surface area (Å²) >= 11 is 11.0. The van der Waals surface area contributed by atoms with Crippen molar-refractivity contribution < 1.29 is 4.39 Å². The van der Waals surface area contributed by atoms with Crippen LogP contribution in [-0.4, -0.2) is 9.55 Å². The number of fused-ring (bicyclic) bond motifs is 1. The Balaban J connectivity index is 2.10. The molecule has 1 aromatic carbocycles. The Morgan fingerprint density at radius 1 is 1.37 bits per heavy atom. The second kappa shape index (κ2) is 5.23. The van der Waals surface area contributed by atoms with Crippen LogP contribution in [0.5, 0.6) is 0 Å². The van der Waals surface area contributed by atoms with Crippen LogP contribution < -0.4 is 0 Å². The van der Waals surface area contributed by atoms with Gasteiger partial charge in [0, 0.05) is 20.8 Å². The van der Waals surface area contributed by atoms with Crippen molar-refractivity contribution >= 4 is 49.9 Å². The second-order valence-corrected chi connectivity index (χ2v) is 6.29. The molecule has 3 aromatic rings. The molecule has 2 aromatic heterocycles. The molecule has 0 unspecified atom stereocenters. The molecule has 2 nitrogen and oxygen atoms in total. The van der Waals surface area contributed by atoms with Gasteiger partial charge in [0.2, 0.25) is 0 Å². The van der Waals surface area contributed by atoms with E-state index in [2.05, 4.69) is 27.0 Å². The van der Waals surface area contributed by atoms with Crippen LogP contribution in [0, 0.1) is 5.82 Å². The highest BCUT2D eigenvalue weighted by Gasteiger charge is 2.11. The van der Waals surface area contributed by atoms with Gasteiger partial charge in [-0.3, -0.25) is 0 Å². The van der Waals surface area contributed by atoms with E-state index in [0.29, 0.717) is 17.9 Å². The van der Waals surface area contributed by atoms with Gasteiger partial charge in [-0.2, -0.15) is 0 Å². The molecule has 3 rings (SSSR count). The van der Waals surface area contributed by atoms with Crippen molar-refractivity contribution in [3.63, 3.8) is 0 Å². The molecule has 0 spiro atoms. The van der Waals surface area contributed by atoms with Gasteiger partial charge in [-0.15, -0.1) is 22.9 Å². The highest BCUT2D eigenvalue weighted by atomic mass is 79.9. The van der Waals surface area contributed by atoms with Crippen LogP contribution in [0.3, 0.4) is 0 Å². The average molecular weight is 360 g/mol. The van der Waals surface area contributed by atoms with Gasteiger partial charge < -0.3 is 4.57 Å². The van der Waals surface area contributed by atoms with E-state index in [4.69, 9.17) is 11.6 Å². The second-order valence-electron chi connectivity index (χ2n) is 4.11. The van der Waals surface area contributed by atoms with Crippen molar-refractivity contribution in [3.8, 4) is 0 Å². The SMILES string of the molecule is Fc1ccc2c(c1)nc(CCl)n2Cc1cc(Br)cs1. The van der Waals surface area contributed by atoms with Crippen LogP contribution in [0.15, 0.2) is 34.1 Å². The van der Waals surface area contributed by atoms with E-state index < -0.39 is 0 Å². The molecule has 98 valence electrons. The fourth-order valence-corrected chi connectivity index (χ4v) is 3.67. The summed E-state index contributed by atoms with van der Waals surface area (Å²) in [5, 5.41) is 2.04. The summed E-state index contributed by atoms with van der Waals surface area (Å²) in [6.07, 6.45) is 0. The van der Waals surface area contributed by atoms with E-state index >= 15 is 0 Å². The maximum absolute atomic E-state index is 13.2. The van der Waals surface area contributed by atoms with Crippen LogP contribution in [-0.2, 0) is 12.4 Å². The summed E-state index contributed by atoms with van der Waals surface area (Å²) in [6.45, 7) is 0.695. The lowest BCUT2D eigenvalue weighted by Crippen LogP contribution is -2.02. The number of alkyl halides is 1. The molecule has 0 fully saturated rings. The molecule has 0 N–H and O–H groups in total. The summed E-state index contributed by atoms with van der Waals surface area (Å²) < 4.78 is 16.3. The standard InChI is InChI=1S/C13H9BrClFN2S/c14-8-3-10(19-7-8)6-18-12-2-1-9(16)4-11(12)17-13(18)5-15/h1-4,7H,5-6H2. The van der Waals surface area contributed by atoms with Crippen molar-refractivity contribution in [1.82, 2.24) is 9.55 Å². The van der Waals surface area contributed by atoms with Crippen LogP contribution in [0.1, 0.15) is 10.7 Å². The highest BCUT2D eigenvalue weighted by Crippen LogP contribution is 2.24. The Bertz CT molecular complexity index is 737. The van der Waals surface area contributed by atoms with Gasteiger partial charge in [0.1, 0.15) is 11.6 Å². The number of hydrogen-bond donors (Lipinski definition) is 0. The van der Waals surface area contributed by atoms with E-state index in [1.807, 2.05) is 9.95 Å². The average Bonchev–Trinajstić information content (AvgIpc) is 2.94. The third kappa shape index (κ3) is 2.55. The van der Waals surface area contributed by atoms with Gasteiger partial charge in [0.15, 0.2) is 0 Å². The Morgan fingerprint density at radius 2 is 2.21 bits per heavy atom. The number of hydrogen-bond acceptors (Lipinski definition) is 2. The third-order valence-electron chi connectivity index (χ3n) is 2.84. The summed E-state index contributed by atoms with van der Waals surface area (Å²) in [5.41, 5.74) is 1.55. The molecule has 0 radical (unpaired) electrons. The van der Waals surface area contributed by atoms with Crippen LogP contribution in [0.25, 0.3) is 11.0 Å². The normalized spacial score (nSPS) is 11.3. The minimum absolute atomic E-state index is 0.280. The van der Waals surface area contributed by atoms with Gasteiger partial charge in [0.05, 0.1) is 23.5 Å². The third-order valence-corrected chi connectivity index (χ3v) is 4.77. The first-order valence-electron chi connectivity index (χ1n) is 5.61. The summed E-state index contributed by atoms with van der Waals surface area (Å²) in [7, 11) is 0. The fraction of sp³-hybridized carbons (Fsp3) is 0.154. The molecule has 0 amide bonds. The van der Waals surface area contributed by atoms with E-state index in [1.54, 1.807) is 17.4 Å². The Kier molecular flexibility index (Phi) is 3.60. The molecular formula is C13H9BrClFN2S. The minimum Gasteiger partial charge on any atom is -0.322 e. The monoisotopic (exact) mass is 358 g/mol. The molecular weight excluding hydrogens is 351 g/mol. The van der Waals surface area contributed by atoms with Gasteiger partial charge in [-0.05, 0) is 34.1 Å². The molecule has 2 heterocycles. The lowest BCUT2D eigenvalue weighted by molar-refractivity contribution is 0.629. The number of rotatable bonds is 3. The maximum atomic E-state index is 13.2. The zero-order chi connectivity index (χ0) is 13.4. The molecule has 0 saturated heterocycles. The predicted molar refractivity (Wildman–Crippen MR) is 80.4 cm³/mol. The van der Waals surface area contributed by atoms with Crippen molar-refractivity contribution in [3.05, 3.63) is 50.6 Å². The first kappa shape index (κ1) is 13.1. The first-order valence-corrected chi connectivity index (χ1v) is 7.81. The Morgan fingerprint density at radius 3 is 2.89 bits per heavy atom. The van der Waals surface area contributed by atoms with Crippen molar-refractivity contribution in [2.45, 2.75) is 12.4 Å². The van der Waals surface area contributed by atoms with E-state index in [9.17, 15) is 4.39 Å². The number of nitrogens with zero attached hydrogens (tertiary/aromatic N) is 2. The summed E-state index contributed by atoms with van der Waals surface area (Å²) in [5.74, 6) is 0.784. The van der Waals surface area contributed by atoms with E-state index in [1.165, 1.54) is 17.0 Å². The largest absolute Gasteiger partial charge is 0.322 e. The number of thiophene rings is 1. The predicted octanol–water partition coefficient (Wildman–Crippen LogP) is 4.79. The molecule has 0 aliphatic carbocycles. The van der Waals surface area contributed by atoms with Gasteiger partial charge in [0.25, 0.3) is 0 Å². The highest BCUT2D eigenvalue weighted by molar-refractivity contribution is 9.10. The Hall–Kier alpha value is -0.910. The van der Waals surface area contributed by atoms with E-state index in [-0.39, 0.29) is 5.82 Å². The summed E-state index contributed by atoms with van der Waals surface area (Å²) in [6, 6.07) is 6.70. The van der Waals surface area contributed by atoms with Crippen LogP contribution in [0.4, 0.5) is 4.39 Å². The molecule has 0 aliphatic heterocycles. The topological polar surface area (TPSA) is 17.8 Å². The van der Waals surface area contributed by atoms with Crippen LogP contribution in [0.2, 0.25) is 0 Å². The Labute approximate surface area is 127 Å². The van der Waals surface area contributed by atoms with Crippen molar-refractivity contribution in [2.75, 3.05) is 0 Å². The molecule has 19 heavy (non-hydrogen) atoms. The summed E-state index contributed by atoms with van der Waals surface area (Å²) in [4.78, 5) is 5.58. The lowest BCUT2D eigenvalue weighted by Gasteiger charge is -2.05. The molecule has 6 heteroatoms. The van der Waals surface area contributed by atoms with Crippen molar-refractivity contribution in [1.29, 1.82) is 0 Å². The first-order chi connectivity index (χ1) is 9.17. The smallest absolute Gasteiger partial charge is 0.125 e. The number of benzene rings is 1. The quantitative estimate of drug-likeness (QED) is 0.615. The zero-order valence-corrected chi connectivity index (χ0v) is 12.9. The number of aromatic nitrogens is 2. The van der Waals surface area contributed by atoms with E-state index in [0.717, 1.165) is 15.8 Å². The molecule has 0 atom stereocenters. The molecule has 0 saturated carbocycles. The van der Waals surface area contributed by atoms with Gasteiger partial charge in [-0.25, -0.2) is 9.37 Å². The van der Waals surface area contributed by atoms with Crippen molar-refractivity contribution in [2.24, 2.45) is 0 Å². The maximum Gasteiger partial charge on any atom is 0.125 e. The van der Waals surface area contributed by atoms with Gasteiger partial charge in [-0.1, -0.05) is 0 Å². The zero-order valence-electron chi connectivity index (χ0n) is 9.74. The number of imidazole rings is 1. The van der Waals surface area contributed by atoms with Gasteiger partial charge >= 0.3 is 0 Å².